The van der Waals surface area contributed by atoms with E-state index in [9.17, 15) is 0 Å². The summed E-state index contributed by atoms with van der Waals surface area (Å²) in [6.07, 6.45) is 2.61. The molecule has 0 aliphatic heterocycles. The summed E-state index contributed by atoms with van der Waals surface area (Å²) in [4.78, 5) is 0. The van der Waals surface area contributed by atoms with Crippen molar-refractivity contribution in [1.82, 2.24) is 5.32 Å². The SMILES string of the molecule is CCNC1CC(Oc2ccc(C)cc2)C1(C)CC. The molecule has 1 aromatic carbocycles. The number of benzene rings is 1. The van der Waals surface area contributed by atoms with Gasteiger partial charge in [-0.15, -0.1) is 0 Å². The Hall–Kier alpha value is -1.02. The Morgan fingerprint density at radius 3 is 2.50 bits per heavy atom. The quantitative estimate of drug-likeness (QED) is 0.859. The molecule has 18 heavy (non-hydrogen) atoms. The van der Waals surface area contributed by atoms with Crippen molar-refractivity contribution in [3.63, 3.8) is 0 Å². The number of hydrogen-bond donors (Lipinski definition) is 1. The van der Waals surface area contributed by atoms with Gasteiger partial charge in [-0.1, -0.05) is 38.5 Å². The Balaban J connectivity index is 2.00. The molecule has 1 N–H and O–H groups in total. The molecular formula is C16H25NO. The van der Waals surface area contributed by atoms with E-state index in [4.69, 9.17) is 4.74 Å². The van der Waals surface area contributed by atoms with Crippen LogP contribution in [-0.2, 0) is 0 Å². The van der Waals surface area contributed by atoms with Gasteiger partial charge in [0.15, 0.2) is 0 Å². The molecule has 0 radical (unpaired) electrons. The average Bonchev–Trinajstić information content (AvgIpc) is 2.39. The van der Waals surface area contributed by atoms with Crippen LogP contribution >= 0.6 is 0 Å². The molecule has 2 rings (SSSR count). The molecule has 0 saturated heterocycles. The number of rotatable bonds is 5. The van der Waals surface area contributed by atoms with Gasteiger partial charge >= 0.3 is 0 Å². The van der Waals surface area contributed by atoms with Gasteiger partial charge in [0.1, 0.15) is 11.9 Å². The first kappa shape index (κ1) is 13.4. The van der Waals surface area contributed by atoms with Crippen LogP contribution in [0.25, 0.3) is 0 Å². The summed E-state index contributed by atoms with van der Waals surface area (Å²) in [6.45, 7) is 9.91. The summed E-state index contributed by atoms with van der Waals surface area (Å²) in [7, 11) is 0. The van der Waals surface area contributed by atoms with Gasteiger partial charge in [-0.05, 0) is 32.0 Å². The van der Waals surface area contributed by atoms with Crippen molar-refractivity contribution in [2.24, 2.45) is 5.41 Å². The first-order valence-electron chi connectivity index (χ1n) is 7.07. The molecule has 1 aromatic rings. The maximum absolute atomic E-state index is 6.15. The Bertz CT molecular complexity index is 387. The van der Waals surface area contributed by atoms with E-state index < -0.39 is 0 Å². The maximum Gasteiger partial charge on any atom is 0.119 e. The largest absolute Gasteiger partial charge is 0.490 e. The van der Waals surface area contributed by atoms with Gasteiger partial charge in [0.05, 0.1) is 0 Å². The second-order valence-corrected chi connectivity index (χ2v) is 5.62. The van der Waals surface area contributed by atoms with Crippen molar-refractivity contribution in [2.75, 3.05) is 6.54 Å². The van der Waals surface area contributed by atoms with Crippen LogP contribution in [0.5, 0.6) is 5.75 Å². The molecule has 2 nitrogen and oxygen atoms in total. The van der Waals surface area contributed by atoms with Gasteiger partial charge < -0.3 is 10.1 Å². The van der Waals surface area contributed by atoms with Gasteiger partial charge in [0, 0.05) is 17.9 Å². The van der Waals surface area contributed by atoms with Gasteiger partial charge in [0.2, 0.25) is 0 Å². The van der Waals surface area contributed by atoms with Gasteiger partial charge in [0.25, 0.3) is 0 Å². The summed E-state index contributed by atoms with van der Waals surface area (Å²) < 4.78 is 6.15. The fraction of sp³-hybridized carbons (Fsp3) is 0.625. The first-order chi connectivity index (χ1) is 8.60. The van der Waals surface area contributed by atoms with Crippen LogP contribution in [0.4, 0.5) is 0 Å². The molecule has 0 heterocycles. The minimum Gasteiger partial charge on any atom is -0.490 e. The van der Waals surface area contributed by atoms with Crippen LogP contribution in [0.1, 0.15) is 39.2 Å². The molecule has 0 amide bonds. The molecule has 100 valence electrons. The van der Waals surface area contributed by atoms with E-state index in [1.165, 1.54) is 5.56 Å². The Kier molecular flexibility index (Phi) is 3.96. The third-order valence-electron chi connectivity index (χ3n) is 4.49. The second-order valence-electron chi connectivity index (χ2n) is 5.62. The second kappa shape index (κ2) is 5.31. The summed E-state index contributed by atoms with van der Waals surface area (Å²) >= 11 is 0. The summed E-state index contributed by atoms with van der Waals surface area (Å²) in [6, 6.07) is 8.97. The highest BCUT2D eigenvalue weighted by Crippen LogP contribution is 2.46. The molecule has 2 heteroatoms. The summed E-state index contributed by atoms with van der Waals surface area (Å²) in [5, 5.41) is 3.57. The van der Waals surface area contributed by atoms with E-state index in [2.05, 4.69) is 57.3 Å². The highest BCUT2D eigenvalue weighted by Gasteiger charge is 2.51. The molecule has 1 fully saturated rings. The van der Waals surface area contributed by atoms with Crippen LogP contribution in [0.3, 0.4) is 0 Å². The van der Waals surface area contributed by atoms with Crippen molar-refractivity contribution in [1.29, 1.82) is 0 Å². The number of ether oxygens (including phenoxy) is 1. The van der Waals surface area contributed by atoms with Crippen LogP contribution < -0.4 is 10.1 Å². The van der Waals surface area contributed by atoms with E-state index >= 15 is 0 Å². The summed E-state index contributed by atoms with van der Waals surface area (Å²) in [5.74, 6) is 1.00. The monoisotopic (exact) mass is 247 g/mol. The molecular weight excluding hydrogens is 222 g/mol. The fourth-order valence-corrected chi connectivity index (χ4v) is 2.82. The smallest absolute Gasteiger partial charge is 0.119 e. The molecule has 0 bridgehead atoms. The van der Waals surface area contributed by atoms with E-state index in [1.54, 1.807) is 0 Å². The third-order valence-corrected chi connectivity index (χ3v) is 4.49. The average molecular weight is 247 g/mol. The van der Waals surface area contributed by atoms with Crippen molar-refractivity contribution >= 4 is 0 Å². The zero-order valence-corrected chi connectivity index (χ0v) is 12.0. The van der Waals surface area contributed by atoms with Gasteiger partial charge in [-0.25, -0.2) is 0 Å². The Labute approximate surface area is 111 Å². The molecule has 3 atom stereocenters. The molecule has 0 spiro atoms. The van der Waals surface area contributed by atoms with Crippen LogP contribution in [-0.4, -0.2) is 18.7 Å². The fourth-order valence-electron chi connectivity index (χ4n) is 2.82. The van der Waals surface area contributed by atoms with E-state index in [-0.39, 0.29) is 5.41 Å². The van der Waals surface area contributed by atoms with Crippen molar-refractivity contribution in [2.45, 2.75) is 52.7 Å². The Morgan fingerprint density at radius 1 is 1.28 bits per heavy atom. The molecule has 1 saturated carbocycles. The lowest BCUT2D eigenvalue weighted by molar-refractivity contribution is -0.0696. The van der Waals surface area contributed by atoms with Gasteiger partial charge in [-0.2, -0.15) is 0 Å². The molecule has 1 aliphatic carbocycles. The maximum atomic E-state index is 6.15. The van der Waals surface area contributed by atoms with E-state index in [0.717, 1.165) is 25.1 Å². The van der Waals surface area contributed by atoms with Crippen molar-refractivity contribution in [3.05, 3.63) is 29.8 Å². The lowest BCUT2D eigenvalue weighted by Crippen LogP contribution is -2.63. The normalized spacial score (nSPS) is 30.9. The van der Waals surface area contributed by atoms with Crippen LogP contribution in [0.2, 0.25) is 0 Å². The summed E-state index contributed by atoms with van der Waals surface area (Å²) in [5.41, 5.74) is 1.54. The first-order valence-corrected chi connectivity index (χ1v) is 7.07. The lowest BCUT2D eigenvalue weighted by atomic mass is 9.61. The standard InChI is InChI=1S/C16H25NO/c1-5-16(4)14(17-6-2)11-15(16)18-13-9-7-12(3)8-10-13/h7-10,14-15,17H,5-6,11H2,1-4H3. The highest BCUT2D eigenvalue weighted by atomic mass is 16.5. The van der Waals surface area contributed by atoms with Crippen LogP contribution in [0.15, 0.2) is 24.3 Å². The zero-order valence-electron chi connectivity index (χ0n) is 12.0. The predicted molar refractivity (Wildman–Crippen MR) is 76.1 cm³/mol. The number of nitrogens with one attached hydrogen (secondary N) is 1. The minimum atomic E-state index is 0.265. The zero-order chi connectivity index (χ0) is 13.2. The van der Waals surface area contributed by atoms with E-state index in [1.807, 2.05) is 0 Å². The van der Waals surface area contributed by atoms with Crippen LogP contribution in [0, 0.1) is 12.3 Å². The van der Waals surface area contributed by atoms with Gasteiger partial charge in [-0.3, -0.25) is 0 Å². The van der Waals surface area contributed by atoms with Crippen molar-refractivity contribution < 1.29 is 4.74 Å². The van der Waals surface area contributed by atoms with E-state index in [0.29, 0.717) is 12.1 Å². The minimum absolute atomic E-state index is 0.265. The molecule has 1 aliphatic rings. The molecule has 0 aromatic heterocycles. The topological polar surface area (TPSA) is 21.3 Å². The third kappa shape index (κ3) is 2.39. The highest BCUT2D eigenvalue weighted by molar-refractivity contribution is 5.27. The number of aryl methyl sites for hydroxylation is 1. The lowest BCUT2D eigenvalue weighted by Gasteiger charge is -2.53. The number of hydrogen-bond acceptors (Lipinski definition) is 2. The Morgan fingerprint density at radius 2 is 1.94 bits per heavy atom. The molecule has 3 unspecified atom stereocenters. The van der Waals surface area contributed by atoms with Crippen molar-refractivity contribution in [3.8, 4) is 5.75 Å². The predicted octanol–water partition coefficient (Wildman–Crippen LogP) is 3.54.